The second kappa shape index (κ2) is 10.7. The lowest BCUT2D eigenvalue weighted by molar-refractivity contribution is 0.0993. The summed E-state index contributed by atoms with van der Waals surface area (Å²) < 4.78 is 35.9. The number of hydrogen-bond donors (Lipinski definition) is 2. The zero-order valence-corrected chi connectivity index (χ0v) is 21.3. The number of ether oxygens (including phenoxy) is 1. The van der Waals surface area contributed by atoms with E-state index in [0.29, 0.717) is 6.54 Å². The van der Waals surface area contributed by atoms with Crippen molar-refractivity contribution in [2.45, 2.75) is 19.4 Å². The number of pyridine rings is 1. The van der Waals surface area contributed by atoms with Gasteiger partial charge in [-0.2, -0.15) is 0 Å². The molecule has 1 aliphatic rings. The molecule has 1 saturated carbocycles. The summed E-state index contributed by atoms with van der Waals surface area (Å²) in [4.78, 5) is 54.7. The molecule has 0 spiro atoms. The quantitative estimate of drug-likeness (QED) is 0.331. The second-order valence-electron chi connectivity index (χ2n) is 9.08. The summed E-state index contributed by atoms with van der Waals surface area (Å²) in [7, 11) is 0. The van der Waals surface area contributed by atoms with E-state index in [4.69, 9.17) is 22.1 Å². The number of rotatable bonds is 8. The molecular weight excluding hydrogens is 548 g/mol. The molecule has 204 valence electrons. The van der Waals surface area contributed by atoms with Crippen LogP contribution >= 0.6 is 11.6 Å². The molecule has 2 heterocycles. The third-order valence-electron chi connectivity index (χ3n) is 6.13. The van der Waals surface area contributed by atoms with E-state index in [2.05, 4.69) is 10.3 Å². The number of primary amides is 1. The molecule has 2 amide bonds. The predicted octanol–water partition coefficient (Wildman–Crippen LogP) is 3.88. The largest absolute Gasteiger partial charge is 0.453 e. The number of nitrogens with two attached hydrogens (primary N) is 1. The van der Waals surface area contributed by atoms with Crippen LogP contribution in [0.2, 0.25) is 5.02 Å². The first kappa shape index (κ1) is 26.8. The zero-order valence-electron chi connectivity index (χ0n) is 20.6. The monoisotopic (exact) mass is 567 g/mol. The van der Waals surface area contributed by atoms with Crippen LogP contribution in [0.15, 0.2) is 70.5 Å². The van der Waals surface area contributed by atoms with Crippen LogP contribution in [-0.4, -0.2) is 25.9 Å². The average Bonchev–Trinajstić information content (AvgIpc) is 3.73. The summed E-state index contributed by atoms with van der Waals surface area (Å²) in [5.74, 6) is -3.34. The molecule has 0 saturated heterocycles. The van der Waals surface area contributed by atoms with Crippen molar-refractivity contribution in [2.24, 2.45) is 11.7 Å². The number of carbonyl (C=O) groups excluding carboxylic acids is 2. The SMILES string of the molecule is NC(=O)c1nccc(Oc2ccc(NC(=O)c3cn(CC4CC4)c(=O)n(-c4ccc(F)cc4)c3=O)cc2F)c1Cl. The summed E-state index contributed by atoms with van der Waals surface area (Å²) in [5, 5.41) is 2.25. The summed E-state index contributed by atoms with van der Waals surface area (Å²) in [6.07, 6.45) is 4.21. The number of nitrogens with zero attached hydrogens (tertiary/aromatic N) is 3. The maximum atomic E-state index is 14.9. The first-order chi connectivity index (χ1) is 19.1. The van der Waals surface area contributed by atoms with Crippen LogP contribution in [0.5, 0.6) is 11.5 Å². The first-order valence-corrected chi connectivity index (χ1v) is 12.4. The average molecular weight is 568 g/mol. The van der Waals surface area contributed by atoms with Crippen molar-refractivity contribution in [1.82, 2.24) is 14.1 Å². The highest BCUT2D eigenvalue weighted by Crippen LogP contribution is 2.33. The maximum absolute atomic E-state index is 14.9. The zero-order chi connectivity index (χ0) is 28.6. The molecule has 0 unspecified atom stereocenters. The van der Waals surface area contributed by atoms with Crippen molar-refractivity contribution < 1.29 is 23.1 Å². The van der Waals surface area contributed by atoms with Gasteiger partial charge in [0.1, 0.15) is 27.8 Å². The molecule has 0 bridgehead atoms. The van der Waals surface area contributed by atoms with Crippen LogP contribution in [0.3, 0.4) is 0 Å². The molecule has 5 rings (SSSR count). The summed E-state index contributed by atoms with van der Waals surface area (Å²) in [6.45, 7) is 0.302. The fourth-order valence-corrected chi connectivity index (χ4v) is 4.18. The molecule has 4 aromatic rings. The molecule has 0 radical (unpaired) electrons. The molecule has 10 nitrogen and oxygen atoms in total. The van der Waals surface area contributed by atoms with Crippen molar-refractivity contribution in [3.8, 4) is 17.2 Å². The Labute approximate surface area is 229 Å². The summed E-state index contributed by atoms with van der Waals surface area (Å²) >= 11 is 6.07. The van der Waals surface area contributed by atoms with Gasteiger partial charge in [0.15, 0.2) is 11.6 Å². The van der Waals surface area contributed by atoms with Gasteiger partial charge in [-0.25, -0.2) is 23.1 Å². The van der Waals surface area contributed by atoms with Gasteiger partial charge >= 0.3 is 5.69 Å². The van der Waals surface area contributed by atoms with E-state index < -0.39 is 34.7 Å². The van der Waals surface area contributed by atoms with E-state index in [0.717, 1.165) is 35.6 Å². The van der Waals surface area contributed by atoms with Crippen LogP contribution < -0.4 is 27.0 Å². The standard InChI is InChI=1S/C27H20ClF2N5O5/c28-22-21(9-10-32-23(22)24(31)36)40-20-8-5-16(11-19(20)30)33-25(37)18-13-34(12-14-1-2-14)27(39)35(26(18)38)17-6-3-15(29)4-7-17/h3-11,13-14H,1-2,12H2,(H2,31,36)(H,33,37). The molecular formula is C27H20ClF2N5O5. The van der Waals surface area contributed by atoms with Gasteiger partial charge in [0.05, 0.1) is 5.69 Å². The molecule has 2 aromatic carbocycles. The third kappa shape index (κ3) is 5.47. The lowest BCUT2D eigenvalue weighted by Crippen LogP contribution is -2.42. The van der Waals surface area contributed by atoms with Crippen molar-refractivity contribution in [1.29, 1.82) is 0 Å². The van der Waals surface area contributed by atoms with E-state index in [-0.39, 0.29) is 45.1 Å². The Kier molecular flexibility index (Phi) is 7.18. The Morgan fingerprint density at radius 3 is 2.45 bits per heavy atom. The normalized spacial score (nSPS) is 12.7. The van der Waals surface area contributed by atoms with Crippen molar-refractivity contribution in [3.05, 3.63) is 110 Å². The highest BCUT2D eigenvalue weighted by atomic mass is 35.5. The number of aromatic nitrogens is 3. The van der Waals surface area contributed by atoms with Gasteiger partial charge < -0.3 is 15.8 Å². The number of anilines is 1. The van der Waals surface area contributed by atoms with E-state index in [1.165, 1.54) is 47.3 Å². The lowest BCUT2D eigenvalue weighted by atomic mass is 10.2. The Bertz CT molecular complexity index is 1770. The van der Waals surface area contributed by atoms with Crippen LogP contribution in [0.25, 0.3) is 5.69 Å². The smallest absolute Gasteiger partial charge is 0.335 e. The second-order valence-corrected chi connectivity index (χ2v) is 9.45. The predicted molar refractivity (Wildman–Crippen MR) is 141 cm³/mol. The highest BCUT2D eigenvalue weighted by molar-refractivity contribution is 6.34. The number of carbonyl (C=O) groups is 2. The Morgan fingerprint density at radius 2 is 1.80 bits per heavy atom. The van der Waals surface area contributed by atoms with E-state index >= 15 is 0 Å². The summed E-state index contributed by atoms with van der Waals surface area (Å²) in [5.41, 5.74) is 3.09. The molecule has 3 N–H and O–H groups in total. The molecule has 1 aliphatic carbocycles. The topological polar surface area (TPSA) is 138 Å². The molecule has 0 atom stereocenters. The Morgan fingerprint density at radius 1 is 1.07 bits per heavy atom. The van der Waals surface area contributed by atoms with Gasteiger partial charge in [-0.05, 0) is 55.2 Å². The molecule has 1 fully saturated rings. The minimum Gasteiger partial charge on any atom is -0.453 e. The Hall–Kier alpha value is -4.84. The number of benzene rings is 2. The third-order valence-corrected chi connectivity index (χ3v) is 6.50. The number of amides is 2. The van der Waals surface area contributed by atoms with Crippen LogP contribution in [0.1, 0.15) is 33.7 Å². The number of hydrogen-bond acceptors (Lipinski definition) is 6. The fraction of sp³-hybridized carbons (Fsp3) is 0.148. The number of nitrogens with one attached hydrogen (secondary N) is 1. The van der Waals surface area contributed by atoms with Gasteiger partial charge in [-0.15, -0.1) is 0 Å². The minimum atomic E-state index is -0.917. The van der Waals surface area contributed by atoms with Crippen molar-refractivity contribution >= 4 is 29.1 Å². The van der Waals surface area contributed by atoms with Gasteiger partial charge in [0, 0.05) is 36.8 Å². The first-order valence-electron chi connectivity index (χ1n) is 12.0. The lowest BCUT2D eigenvalue weighted by Gasteiger charge is -2.14. The van der Waals surface area contributed by atoms with E-state index in [1.807, 2.05) is 0 Å². The highest BCUT2D eigenvalue weighted by Gasteiger charge is 2.25. The van der Waals surface area contributed by atoms with Crippen LogP contribution in [-0.2, 0) is 6.54 Å². The molecule has 2 aromatic heterocycles. The van der Waals surface area contributed by atoms with Crippen LogP contribution in [0.4, 0.5) is 14.5 Å². The maximum Gasteiger partial charge on any atom is 0.335 e. The van der Waals surface area contributed by atoms with E-state index in [9.17, 15) is 28.0 Å². The number of halogens is 3. The van der Waals surface area contributed by atoms with Gasteiger partial charge in [-0.1, -0.05) is 11.6 Å². The fourth-order valence-electron chi connectivity index (χ4n) is 3.94. The molecule has 40 heavy (non-hydrogen) atoms. The van der Waals surface area contributed by atoms with Crippen LogP contribution in [0, 0.1) is 17.6 Å². The minimum absolute atomic E-state index is 0.0128. The van der Waals surface area contributed by atoms with Gasteiger partial charge in [-0.3, -0.25) is 19.0 Å². The molecule has 0 aliphatic heterocycles. The van der Waals surface area contributed by atoms with Gasteiger partial charge in [0.2, 0.25) is 0 Å². The van der Waals surface area contributed by atoms with E-state index in [1.54, 1.807) is 0 Å². The van der Waals surface area contributed by atoms with Crippen molar-refractivity contribution in [2.75, 3.05) is 5.32 Å². The Balaban J connectivity index is 1.44. The summed E-state index contributed by atoms with van der Waals surface area (Å²) in [6, 6.07) is 9.50. The molecule has 13 heteroatoms. The van der Waals surface area contributed by atoms with Gasteiger partial charge in [0.25, 0.3) is 17.4 Å². The van der Waals surface area contributed by atoms with Crippen molar-refractivity contribution in [3.63, 3.8) is 0 Å².